The molecule has 2 aromatic rings. The number of carbonyl (C=O) groups is 2. The number of likely N-dealkylation sites (tertiary alicyclic amines) is 1. The van der Waals surface area contributed by atoms with Crippen molar-refractivity contribution >= 4 is 17.4 Å². The van der Waals surface area contributed by atoms with Gasteiger partial charge in [0.15, 0.2) is 23.0 Å². The minimum atomic E-state index is -0.818. The number of rotatable bonds is 12. The van der Waals surface area contributed by atoms with E-state index in [9.17, 15) is 14.7 Å². The van der Waals surface area contributed by atoms with E-state index in [1.807, 2.05) is 20.8 Å². The lowest BCUT2D eigenvalue weighted by molar-refractivity contribution is -0.140. The topological polar surface area (TPSA) is 97.8 Å². The molecule has 2 aliphatic rings. The molecule has 0 aromatic heterocycles. The number of likely N-dealkylation sites (N-methyl/N-ethyl adjacent to an activating group) is 1. The van der Waals surface area contributed by atoms with Gasteiger partial charge in [-0.15, -0.1) is 0 Å². The number of Topliss-reactive ketones (excluding diaryl/α,β-unsaturated/α-hetero) is 1. The van der Waals surface area contributed by atoms with Crippen LogP contribution in [0.4, 0.5) is 0 Å². The molecule has 208 valence electrons. The number of ketones is 1. The molecule has 9 heteroatoms. The van der Waals surface area contributed by atoms with Gasteiger partial charge in [0.05, 0.1) is 18.2 Å². The molecule has 0 aliphatic carbocycles. The summed E-state index contributed by atoms with van der Waals surface area (Å²) < 4.78 is 22.8. The summed E-state index contributed by atoms with van der Waals surface area (Å²) in [7, 11) is 0. The number of carbonyl (C=O) groups excluding carboxylic acids is 2. The molecule has 0 saturated carbocycles. The second-order valence-corrected chi connectivity index (χ2v) is 9.12. The molecule has 1 atom stereocenters. The normalized spacial score (nSPS) is 17.9. The lowest BCUT2D eigenvalue weighted by atomic mass is 9.94. The second kappa shape index (κ2) is 12.7. The third-order valence-corrected chi connectivity index (χ3v) is 6.85. The number of hydrogen-bond acceptors (Lipinski definition) is 8. The van der Waals surface area contributed by atoms with Crippen molar-refractivity contribution in [2.24, 2.45) is 0 Å². The molecular formula is C30H36N2O7. The van der Waals surface area contributed by atoms with Crippen molar-refractivity contribution in [3.05, 3.63) is 65.8 Å². The van der Waals surface area contributed by atoms with E-state index in [4.69, 9.17) is 18.9 Å². The maximum absolute atomic E-state index is 13.5. The van der Waals surface area contributed by atoms with Crippen LogP contribution in [0.2, 0.25) is 0 Å². The highest BCUT2D eigenvalue weighted by atomic mass is 16.6. The van der Waals surface area contributed by atoms with Gasteiger partial charge < -0.3 is 33.9 Å². The van der Waals surface area contributed by atoms with Crippen molar-refractivity contribution in [1.29, 1.82) is 0 Å². The van der Waals surface area contributed by atoms with E-state index >= 15 is 0 Å². The van der Waals surface area contributed by atoms with Crippen LogP contribution in [0, 0.1) is 0 Å². The molecule has 0 bridgehead atoms. The fourth-order valence-electron chi connectivity index (χ4n) is 4.82. The zero-order valence-corrected chi connectivity index (χ0v) is 22.8. The van der Waals surface area contributed by atoms with E-state index < -0.39 is 17.7 Å². The summed E-state index contributed by atoms with van der Waals surface area (Å²) in [6, 6.07) is 9.45. The number of fused-ring (bicyclic) bond motifs is 1. The third-order valence-electron chi connectivity index (χ3n) is 6.85. The van der Waals surface area contributed by atoms with Gasteiger partial charge in [0.2, 0.25) is 0 Å². The Morgan fingerprint density at radius 1 is 1.05 bits per heavy atom. The van der Waals surface area contributed by atoms with Crippen LogP contribution in [-0.4, -0.2) is 79.2 Å². The number of hydrogen-bond donors (Lipinski definition) is 1. The van der Waals surface area contributed by atoms with Gasteiger partial charge in [-0.05, 0) is 55.9 Å². The van der Waals surface area contributed by atoms with Crippen LogP contribution in [0.1, 0.15) is 37.9 Å². The third kappa shape index (κ3) is 5.88. The van der Waals surface area contributed by atoms with Crippen molar-refractivity contribution < 1.29 is 33.6 Å². The molecule has 0 unspecified atom stereocenters. The molecule has 39 heavy (non-hydrogen) atoms. The highest BCUT2D eigenvalue weighted by Gasteiger charge is 2.46. The Balaban J connectivity index is 1.82. The molecule has 9 nitrogen and oxygen atoms in total. The number of benzene rings is 2. The first-order chi connectivity index (χ1) is 18.9. The smallest absolute Gasteiger partial charge is 0.295 e. The summed E-state index contributed by atoms with van der Waals surface area (Å²) in [6.07, 6.45) is 1.64. The largest absolute Gasteiger partial charge is 0.507 e. The van der Waals surface area contributed by atoms with Crippen molar-refractivity contribution in [2.45, 2.75) is 26.8 Å². The van der Waals surface area contributed by atoms with Crippen LogP contribution in [0.15, 0.2) is 54.6 Å². The highest BCUT2D eigenvalue weighted by molar-refractivity contribution is 6.46. The Bertz CT molecular complexity index is 1250. The van der Waals surface area contributed by atoms with E-state index in [2.05, 4.69) is 11.5 Å². The molecular weight excluding hydrogens is 500 g/mol. The summed E-state index contributed by atoms with van der Waals surface area (Å²) in [5.74, 6) is 0.363. The van der Waals surface area contributed by atoms with E-state index in [-0.39, 0.29) is 11.3 Å². The van der Waals surface area contributed by atoms with Gasteiger partial charge in [-0.2, -0.15) is 0 Å². The minimum Gasteiger partial charge on any atom is -0.507 e. The second-order valence-electron chi connectivity index (χ2n) is 9.12. The summed E-state index contributed by atoms with van der Waals surface area (Å²) in [5.41, 5.74) is 1.00. The zero-order valence-electron chi connectivity index (χ0n) is 22.8. The lowest BCUT2D eigenvalue weighted by Crippen LogP contribution is -2.38. The maximum Gasteiger partial charge on any atom is 0.295 e. The van der Waals surface area contributed by atoms with Crippen molar-refractivity contribution in [2.75, 3.05) is 52.6 Å². The predicted octanol–water partition coefficient (Wildman–Crippen LogP) is 4.18. The molecule has 0 radical (unpaired) electrons. The van der Waals surface area contributed by atoms with Crippen molar-refractivity contribution in [3.63, 3.8) is 0 Å². The Morgan fingerprint density at radius 2 is 1.79 bits per heavy atom. The first kappa shape index (κ1) is 28.0. The quantitative estimate of drug-likeness (QED) is 0.187. The number of ether oxygens (including phenoxy) is 4. The van der Waals surface area contributed by atoms with Crippen LogP contribution in [-0.2, 0) is 9.59 Å². The minimum absolute atomic E-state index is 0.0124. The maximum atomic E-state index is 13.5. The molecule has 4 rings (SSSR count). The number of nitrogens with zero attached hydrogens (tertiary/aromatic N) is 2. The van der Waals surface area contributed by atoms with Gasteiger partial charge in [0, 0.05) is 18.7 Å². The molecule has 2 heterocycles. The molecule has 1 fully saturated rings. The Hall–Kier alpha value is -3.98. The van der Waals surface area contributed by atoms with Crippen LogP contribution in [0.3, 0.4) is 0 Å². The molecule has 1 N–H and O–H groups in total. The van der Waals surface area contributed by atoms with Crippen molar-refractivity contribution in [1.82, 2.24) is 9.80 Å². The van der Waals surface area contributed by atoms with Gasteiger partial charge in [0.1, 0.15) is 25.6 Å². The van der Waals surface area contributed by atoms with Gasteiger partial charge in [-0.25, -0.2) is 0 Å². The van der Waals surface area contributed by atoms with E-state index in [1.54, 1.807) is 42.5 Å². The summed E-state index contributed by atoms with van der Waals surface area (Å²) in [4.78, 5) is 30.5. The van der Waals surface area contributed by atoms with Crippen LogP contribution < -0.4 is 18.9 Å². The fraction of sp³-hybridized carbons (Fsp3) is 0.400. The zero-order chi connectivity index (χ0) is 27.9. The number of amides is 1. The highest BCUT2D eigenvalue weighted by Crippen LogP contribution is 2.43. The number of aliphatic hydroxyl groups is 1. The first-order valence-corrected chi connectivity index (χ1v) is 13.3. The Kier molecular flexibility index (Phi) is 9.14. The van der Waals surface area contributed by atoms with Gasteiger partial charge in [0.25, 0.3) is 11.7 Å². The van der Waals surface area contributed by atoms with Crippen LogP contribution >= 0.6 is 0 Å². The van der Waals surface area contributed by atoms with Crippen LogP contribution in [0.25, 0.3) is 5.76 Å². The SMILES string of the molecule is C=CCOc1ccc([C@H]2/C(=C(\O)c3ccc4c(c3)OCCO4)C(=O)C(=O)N2CCN(CC)CC)cc1OCC. The molecule has 2 aromatic carbocycles. The van der Waals surface area contributed by atoms with Gasteiger partial charge in [-0.1, -0.05) is 32.6 Å². The summed E-state index contributed by atoms with van der Waals surface area (Å²) in [5, 5.41) is 11.5. The molecule has 2 aliphatic heterocycles. The molecule has 1 amide bonds. The number of aliphatic hydroxyl groups excluding tert-OH is 1. The monoisotopic (exact) mass is 536 g/mol. The predicted molar refractivity (Wildman–Crippen MR) is 148 cm³/mol. The average molecular weight is 537 g/mol. The first-order valence-electron chi connectivity index (χ1n) is 13.3. The van der Waals surface area contributed by atoms with Crippen LogP contribution in [0.5, 0.6) is 23.0 Å². The summed E-state index contributed by atoms with van der Waals surface area (Å²) >= 11 is 0. The average Bonchev–Trinajstić information content (AvgIpc) is 3.21. The van der Waals surface area contributed by atoms with Gasteiger partial charge in [-0.3, -0.25) is 9.59 Å². The van der Waals surface area contributed by atoms with E-state index in [0.29, 0.717) is 73.6 Å². The molecule has 1 saturated heterocycles. The van der Waals surface area contributed by atoms with E-state index in [1.165, 1.54) is 4.90 Å². The van der Waals surface area contributed by atoms with E-state index in [0.717, 1.165) is 13.1 Å². The van der Waals surface area contributed by atoms with Gasteiger partial charge >= 0.3 is 0 Å². The Labute approximate surface area is 229 Å². The standard InChI is InChI=1S/C30H36N2O7/c1-5-15-37-22-11-9-20(18-24(22)36-8-4)27-26(29(34)30(35)32(27)14-13-31(6-2)7-3)28(33)21-10-12-23-25(19-21)39-17-16-38-23/h5,9-12,18-19,27,33H,1,6-8,13-17H2,2-4H3/b28-26+/t27-/m0/s1. The summed E-state index contributed by atoms with van der Waals surface area (Å²) in [6.45, 7) is 13.7. The lowest BCUT2D eigenvalue weighted by Gasteiger charge is -2.28. The fourth-order valence-corrected chi connectivity index (χ4v) is 4.82. The molecule has 0 spiro atoms. The Morgan fingerprint density at radius 3 is 2.49 bits per heavy atom. The van der Waals surface area contributed by atoms with Crippen molar-refractivity contribution in [3.8, 4) is 23.0 Å².